The highest BCUT2D eigenvalue weighted by Crippen LogP contribution is 2.23. The third-order valence-corrected chi connectivity index (χ3v) is 4.23. The van der Waals surface area contributed by atoms with Crippen LogP contribution in [0.15, 0.2) is 42.5 Å². The number of carbonyl (C=O) groups excluding carboxylic acids is 1. The molecule has 2 rings (SSSR count). The second-order valence-corrected chi connectivity index (χ2v) is 6.45. The van der Waals surface area contributed by atoms with Crippen LogP contribution in [0.3, 0.4) is 0 Å². The van der Waals surface area contributed by atoms with Gasteiger partial charge in [-0.25, -0.2) is 4.39 Å². The van der Waals surface area contributed by atoms with Crippen molar-refractivity contribution in [1.82, 2.24) is 0 Å². The number of ether oxygens (including phenoxy) is 1. The van der Waals surface area contributed by atoms with Crippen LogP contribution in [0.2, 0.25) is 10.0 Å². The number of rotatable bonds is 7. The molecule has 0 aliphatic heterocycles. The van der Waals surface area contributed by atoms with Gasteiger partial charge in [0.2, 0.25) is 5.91 Å². The Hall–Kier alpha value is -1.43. The van der Waals surface area contributed by atoms with Crippen molar-refractivity contribution in [3.8, 4) is 5.75 Å². The zero-order chi connectivity index (χ0) is 16.7. The van der Waals surface area contributed by atoms with Gasteiger partial charge >= 0.3 is 0 Å². The van der Waals surface area contributed by atoms with Crippen LogP contribution in [-0.2, 0) is 4.79 Å². The van der Waals surface area contributed by atoms with Crippen LogP contribution in [0.4, 0.5) is 10.1 Å². The molecule has 0 radical (unpaired) electrons. The number of amides is 1. The fraction of sp³-hybridized carbons (Fsp3) is 0.188. The van der Waals surface area contributed by atoms with Crippen molar-refractivity contribution in [3.63, 3.8) is 0 Å². The van der Waals surface area contributed by atoms with E-state index in [1.807, 2.05) is 12.1 Å². The van der Waals surface area contributed by atoms with Crippen molar-refractivity contribution in [1.29, 1.82) is 0 Å². The summed E-state index contributed by atoms with van der Waals surface area (Å²) in [4.78, 5) is 11.7. The standard InChI is InChI=1S/C16H14Cl2FNO2S/c17-11-5-6-14(13(19)9-11)20-16(21)10-23-8-7-22-15-4-2-1-3-12(15)18/h1-6,9H,7-8,10H2,(H,20,21). The predicted molar refractivity (Wildman–Crippen MR) is 94.3 cm³/mol. The van der Waals surface area contributed by atoms with E-state index in [4.69, 9.17) is 27.9 Å². The molecule has 2 aromatic carbocycles. The van der Waals surface area contributed by atoms with E-state index in [-0.39, 0.29) is 22.4 Å². The SMILES string of the molecule is O=C(CSCCOc1ccccc1Cl)Nc1ccc(Cl)cc1F. The minimum Gasteiger partial charge on any atom is -0.491 e. The Kier molecular flexibility index (Phi) is 7.02. The number of thioether (sulfide) groups is 1. The van der Waals surface area contributed by atoms with Gasteiger partial charge in [-0.2, -0.15) is 0 Å². The lowest BCUT2D eigenvalue weighted by molar-refractivity contribution is -0.113. The molecule has 122 valence electrons. The van der Waals surface area contributed by atoms with Crippen molar-refractivity contribution in [2.24, 2.45) is 0 Å². The largest absolute Gasteiger partial charge is 0.491 e. The van der Waals surface area contributed by atoms with Crippen LogP contribution in [0.5, 0.6) is 5.75 Å². The molecular weight excluding hydrogens is 360 g/mol. The van der Waals surface area contributed by atoms with E-state index in [0.29, 0.717) is 23.1 Å². The first-order valence-corrected chi connectivity index (χ1v) is 8.67. The Labute approximate surface area is 148 Å². The number of carbonyl (C=O) groups is 1. The Morgan fingerprint density at radius 1 is 1.22 bits per heavy atom. The van der Waals surface area contributed by atoms with Crippen molar-refractivity contribution in [3.05, 3.63) is 58.3 Å². The van der Waals surface area contributed by atoms with E-state index >= 15 is 0 Å². The smallest absolute Gasteiger partial charge is 0.234 e. The van der Waals surface area contributed by atoms with E-state index < -0.39 is 5.82 Å². The average molecular weight is 374 g/mol. The fourth-order valence-corrected chi connectivity index (χ4v) is 2.67. The highest BCUT2D eigenvalue weighted by molar-refractivity contribution is 7.99. The predicted octanol–water partition coefficient (Wildman–Crippen LogP) is 4.88. The van der Waals surface area contributed by atoms with Gasteiger partial charge in [-0.05, 0) is 30.3 Å². The van der Waals surface area contributed by atoms with Gasteiger partial charge in [-0.15, -0.1) is 11.8 Å². The molecule has 3 nitrogen and oxygen atoms in total. The summed E-state index contributed by atoms with van der Waals surface area (Å²) in [5.41, 5.74) is 0.118. The third kappa shape index (κ3) is 5.94. The van der Waals surface area contributed by atoms with Crippen molar-refractivity contribution in [2.45, 2.75) is 0 Å². The Morgan fingerprint density at radius 2 is 2.00 bits per heavy atom. The van der Waals surface area contributed by atoms with Crippen LogP contribution in [0.1, 0.15) is 0 Å². The van der Waals surface area contributed by atoms with Crippen LogP contribution in [-0.4, -0.2) is 24.0 Å². The normalized spacial score (nSPS) is 10.4. The second-order valence-electron chi connectivity index (χ2n) is 4.50. The molecule has 0 aliphatic rings. The van der Waals surface area contributed by atoms with Crippen molar-refractivity contribution < 1.29 is 13.9 Å². The average Bonchev–Trinajstić information content (AvgIpc) is 2.51. The highest BCUT2D eigenvalue weighted by atomic mass is 35.5. The van der Waals surface area contributed by atoms with Crippen molar-refractivity contribution in [2.75, 3.05) is 23.4 Å². The van der Waals surface area contributed by atoms with Gasteiger partial charge in [0.05, 0.1) is 23.1 Å². The van der Waals surface area contributed by atoms with Gasteiger partial charge in [0.15, 0.2) is 0 Å². The first-order valence-electron chi connectivity index (χ1n) is 6.76. The number of para-hydroxylation sites is 1. The molecular formula is C16H14Cl2FNO2S. The molecule has 0 heterocycles. The van der Waals surface area contributed by atoms with Gasteiger partial charge in [0.1, 0.15) is 11.6 Å². The highest BCUT2D eigenvalue weighted by Gasteiger charge is 2.08. The van der Waals surface area contributed by atoms with E-state index in [9.17, 15) is 9.18 Å². The van der Waals surface area contributed by atoms with Gasteiger partial charge in [-0.3, -0.25) is 4.79 Å². The summed E-state index contributed by atoms with van der Waals surface area (Å²) in [6, 6.07) is 11.3. The molecule has 7 heteroatoms. The molecule has 0 aromatic heterocycles. The Morgan fingerprint density at radius 3 is 2.74 bits per heavy atom. The quantitative estimate of drug-likeness (QED) is 0.702. The lowest BCUT2D eigenvalue weighted by Crippen LogP contribution is -2.16. The zero-order valence-electron chi connectivity index (χ0n) is 12.0. The molecule has 0 fully saturated rings. The number of halogens is 3. The number of hydrogen-bond donors (Lipinski definition) is 1. The van der Waals surface area contributed by atoms with Crippen LogP contribution in [0.25, 0.3) is 0 Å². The molecule has 2 aromatic rings. The summed E-state index contributed by atoms with van der Waals surface area (Å²) < 4.78 is 19.1. The Balaban J connectivity index is 1.68. The molecule has 0 aliphatic carbocycles. The summed E-state index contributed by atoms with van der Waals surface area (Å²) in [5, 5.41) is 3.33. The van der Waals surface area contributed by atoms with E-state index in [0.717, 1.165) is 6.07 Å². The van der Waals surface area contributed by atoms with Crippen LogP contribution < -0.4 is 10.1 Å². The molecule has 0 atom stereocenters. The van der Waals surface area contributed by atoms with E-state index in [2.05, 4.69) is 5.32 Å². The van der Waals surface area contributed by atoms with E-state index in [1.165, 1.54) is 23.9 Å². The first kappa shape index (κ1) is 17.9. The molecule has 23 heavy (non-hydrogen) atoms. The van der Waals surface area contributed by atoms with Gasteiger partial charge in [-0.1, -0.05) is 35.3 Å². The van der Waals surface area contributed by atoms with Gasteiger partial charge in [0.25, 0.3) is 0 Å². The molecule has 0 unspecified atom stereocenters. The summed E-state index contributed by atoms with van der Waals surface area (Å²) in [5.74, 6) is 0.588. The minimum atomic E-state index is -0.557. The first-order chi connectivity index (χ1) is 11.1. The summed E-state index contributed by atoms with van der Waals surface area (Å²) in [7, 11) is 0. The molecule has 0 saturated heterocycles. The molecule has 0 bridgehead atoms. The van der Waals surface area contributed by atoms with E-state index in [1.54, 1.807) is 12.1 Å². The van der Waals surface area contributed by atoms with Crippen LogP contribution in [0, 0.1) is 5.82 Å². The third-order valence-electron chi connectivity index (χ3n) is 2.76. The minimum absolute atomic E-state index is 0.118. The monoisotopic (exact) mass is 373 g/mol. The number of hydrogen-bond acceptors (Lipinski definition) is 3. The Bertz CT molecular complexity index is 685. The molecule has 1 amide bonds. The number of benzene rings is 2. The lowest BCUT2D eigenvalue weighted by Gasteiger charge is -2.08. The maximum Gasteiger partial charge on any atom is 0.234 e. The van der Waals surface area contributed by atoms with Gasteiger partial charge in [0, 0.05) is 10.8 Å². The molecule has 0 saturated carbocycles. The maximum absolute atomic E-state index is 13.5. The molecule has 1 N–H and O–H groups in total. The lowest BCUT2D eigenvalue weighted by atomic mass is 10.3. The van der Waals surface area contributed by atoms with Crippen LogP contribution >= 0.6 is 35.0 Å². The van der Waals surface area contributed by atoms with Crippen molar-refractivity contribution >= 4 is 46.6 Å². The summed E-state index contributed by atoms with van der Waals surface area (Å²) in [6.45, 7) is 0.428. The zero-order valence-corrected chi connectivity index (χ0v) is 14.3. The maximum atomic E-state index is 13.5. The molecule has 0 spiro atoms. The summed E-state index contributed by atoms with van der Waals surface area (Å²) >= 11 is 13.0. The fourth-order valence-electron chi connectivity index (χ4n) is 1.71. The van der Waals surface area contributed by atoms with Gasteiger partial charge < -0.3 is 10.1 Å². The number of anilines is 1. The number of nitrogens with one attached hydrogen (secondary N) is 1. The topological polar surface area (TPSA) is 38.3 Å². The summed E-state index contributed by atoms with van der Waals surface area (Å²) in [6.07, 6.45) is 0. The second kappa shape index (κ2) is 9.01.